The number of hydrogen-bond donors (Lipinski definition) is 1. The second-order valence-electron chi connectivity index (χ2n) is 4.46. The lowest BCUT2D eigenvalue weighted by atomic mass is 10.2. The Balaban J connectivity index is 1.98. The number of carbonyl (C=O) groups excluding carboxylic acids is 1. The highest BCUT2D eigenvalue weighted by Crippen LogP contribution is 2.18. The maximum atomic E-state index is 12.1. The molecular weight excluding hydrogens is 250 g/mol. The Hall–Kier alpha value is -1.01. The molecule has 0 aliphatic carbocycles. The van der Waals surface area contributed by atoms with Crippen LogP contribution in [-0.4, -0.2) is 40.9 Å². The van der Waals surface area contributed by atoms with Gasteiger partial charge in [0, 0.05) is 13.1 Å². The summed E-state index contributed by atoms with van der Waals surface area (Å²) < 4.78 is 5.31. The second kappa shape index (κ2) is 6.24. The summed E-state index contributed by atoms with van der Waals surface area (Å²) in [6, 6.07) is -0.224. The summed E-state index contributed by atoms with van der Waals surface area (Å²) in [6.07, 6.45) is 6.41. The van der Waals surface area contributed by atoms with Crippen molar-refractivity contribution in [2.75, 3.05) is 25.1 Å². The van der Waals surface area contributed by atoms with E-state index in [2.05, 4.69) is 4.98 Å². The Labute approximate surface area is 111 Å². The molecule has 1 saturated heterocycles. The molecule has 0 radical (unpaired) electrons. The lowest BCUT2D eigenvalue weighted by molar-refractivity contribution is 0.0787. The molecule has 2 N–H and O–H groups in total. The van der Waals surface area contributed by atoms with Crippen molar-refractivity contribution in [3.8, 4) is 0 Å². The molecule has 0 spiro atoms. The summed E-state index contributed by atoms with van der Waals surface area (Å²) in [5.74, 6) is 1.38. The van der Waals surface area contributed by atoms with Crippen LogP contribution >= 0.6 is 11.8 Å². The SMILES string of the molecule is CSCCC(N)c1nc(C(=O)N2CCCC2)co1. The quantitative estimate of drug-likeness (QED) is 0.880. The molecule has 1 aliphatic rings. The first-order valence-electron chi connectivity index (χ1n) is 6.21. The van der Waals surface area contributed by atoms with E-state index in [1.54, 1.807) is 11.8 Å². The summed E-state index contributed by atoms with van der Waals surface area (Å²) in [5, 5.41) is 0. The Kier molecular flexibility index (Phi) is 4.66. The molecule has 1 aromatic heterocycles. The van der Waals surface area contributed by atoms with Crippen LogP contribution in [0, 0.1) is 0 Å². The van der Waals surface area contributed by atoms with Crippen LogP contribution < -0.4 is 5.73 Å². The number of likely N-dealkylation sites (tertiary alicyclic amines) is 1. The zero-order chi connectivity index (χ0) is 13.0. The summed E-state index contributed by atoms with van der Waals surface area (Å²) >= 11 is 1.73. The zero-order valence-corrected chi connectivity index (χ0v) is 11.4. The van der Waals surface area contributed by atoms with Crippen LogP contribution in [0.2, 0.25) is 0 Å². The average molecular weight is 269 g/mol. The van der Waals surface area contributed by atoms with Crippen molar-refractivity contribution >= 4 is 17.7 Å². The number of thioether (sulfide) groups is 1. The maximum Gasteiger partial charge on any atom is 0.275 e. The van der Waals surface area contributed by atoms with Gasteiger partial charge in [-0.05, 0) is 31.3 Å². The minimum Gasteiger partial charge on any atom is -0.446 e. The van der Waals surface area contributed by atoms with E-state index in [1.807, 2.05) is 11.2 Å². The lowest BCUT2D eigenvalue weighted by Crippen LogP contribution is -2.28. The highest BCUT2D eigenvalue weighted by atomic mass is 32.2. The number of oxazole rings is 1. The third kappa shape index (κ3) is 3.05. The van der Waals surface area contributed by atoms with E-state index in [1.165, 1.54) is 6.26 Å². The Morgan fingerprint density at radius 2 is 2.33 bits per heavy atom. The highest BCUT2D eigenvalue weighted by Gasteiger charge is 2.23. The molecule has 5 nitrogen and oxygen atoms in total. The first-order valence-corrected chi connectivity index (χ1v) is 7.61. The third-order valence-corrected chi connectivity index (χ3v) is 3.73. The van der Waals surface area contributed by atoms with Crippen molar-refractivity contribution < 1.29 is 9.21 Å². The molecule has 1 fully saturated rings. The summed E-state index contributed by atoms with van der Waals surface area (Å²) in [4.78, 5) is 18.1. The van der Waals surface area contributed by atoms with Gasteiger partial charge in [-0.15, -0.1) is 0 Å². The van der Waals surface area contributed by atoms with Crippen LogP contribution in [0.4, 0.5) is 0 Å². The first kappa shape index (κ1) is 13.4. The molecule has 0 bridgehead atoms. The average Bonchev–Trinajstić information content (AvgIpc) is 3.05. The number of hydrogen-bond acceptors (Lipinski definition) is 5. The van der Waals surface area contributed by atoms with Gasteiger partial charge in [0.15, 0.2) is 5.69 Å². The van der Waals surface area contributed by atoms with Crippen molar-refractivity contribution in [2.45, 2.75) is 25.3 Å². The van der Waals surface area contributed by atoms with Gasteiger partial charge in [-0.25, -0.2) is 4.98 Å². The van der Waals surface area contributed by atoms with E-state index in [0.717, 1.165) is 38.1 Å². The minimum atomic E-state index is -0.224. The van der Waals surface area contributed by atoms with Crippen LogP contribution in [0.5, 0.6) is 0 Å². The van der Waals surface area contributed by atoms with Crippen LogP contribution in [0.15, 0.2) is 10.7 Å². The fourth-order valence-electron chi connectivity index (χ4n) is 2.01. The van der Waals surface area contributed by atoms with E-state index in [4.69, 9.17) is 10.2 Å². The van der Waals surface area contributed by atoms with Gasteiger partial charge in [0.05, 0.1) is 6.04 Å². The van der Waals surface area contributed by atoms with Gasteiger partial charge < -0.3 is 15.1 Å². The molecule has 1 unspecified atom stereocenters. The van der Waals surface area contributed by atoms with Gasteiger partial charge in [-0.2, -0.15) is 11.8 Å². The van der Waals surface area contributed by atoms with Crippen molar-refractivity contribution in [2.24, 2.45) is 5.73 Å². The smallest absolute Gasteiger partial charge is 0.275 e. The van der Waals surface area contributed by atoms with E-state index in [0.29, 0.717) is 11.6 Å². The van der Waals surface area contributed by atoms with Crippen LogP contribution in [-0.2, 0) is 0 Å². The van der Waals surface area contributed by atoms with Crippen LogP contribution in [0.25, 0.3) is 0 Å². The van der Waals surface area contributed by atoms with E-state index >= 15 is 0 Å². The molecule has 2 rings (SSSR count). The number of carbonyl (C=O) groups is 1. The Morgan fingerprint density at radius 3 is 3.00 bits per heavy atom. The molecule has 0 aromatic carbocycles. The molecule has 100 valence electrons. The van der Waals surface area contributed by atoms with E-state index in [-0.39, 0.29) is 11.9 Å². The summed E-state index contributed by atoms with van der Waals surface area (Å²) in [7, 11) is 0. The fraction of sp³-hybridized carbons (Fsp3) is 0.667. The first-order chi connectivity index (χ1) is 8.72. The van der Waals surface area contributed by atoms with Gasteiger partial charge in [0.2, 0.25) is 5.89 Å². The van der Waals surface area contributed by atoms with Gasteiger partial charge in [-0.3, -0.25) is 4.79 Å². The molecule has 1 atom stereocenters. The lowest BCUT2D eigenvalue weighted by Gasteiger charge is -2.12. The molecule has 6 heteroatoms. The van der Waals surface area contributed by atoms with Crippen molar-refractivity contribution in [1.82, 2.24) is 9.88 Å². The number of rotatable bonds is 5. The standard InChI is InChI=1S/C12H19N3O2S/c1-18-7-4-9(13)11-14-10(8-17-11)12(16)15-5-2-3-6-15/h8-9H,2-7,13H2,1H3. The second-order valence-corrected chi connectivity index (χ2v) is 5.44. The van der Waals surface area contributed by atoms with Gasteiger partial charge >= 0.3 is 0 Å². The Bertz CT molecular complexity index is 402. The minimum absolute atomic E-state index is 0.0421. The highest BCUT2D eigenvalue weighted by molar-refractivity contribution is 7.98. The molecule has 1 aliphatic heterocycles. The third-order valence-electron chi connectivity index (χ3n) is 3.08. The Morgan fingerprint density at radius 1 is 1.61 bits per heavy atom. The van der Waals surface area contributed by atoms with Crippen molar-refractivity contribution in [3.05, 3.63) is 17.8 Å². The topological polar surface area (TPSA) is 72.4 Å². The molecule has 2 heterocycles. The number of nitrogens with two attached hydrogens (primary N) is 1. The van der Waals surface area contributed by atoms with E-state index in [9.17, 15) is 4.79 Å². The van der Waals surface area contributed by atoms with Crippen LogP contribution in [0.1, 0.15) is 41.7 Å². The number of nitrogens with zero attached hydrogens (tertiary/aromatic N) is 2. The normalized spacial score (nSPS) is 17.1. The molecule has 1 aromatic rings. The van der Waals surface area contributed by atoms with Gasteiger partial charge in [0.25, 0.3) is 5.91 Å². The predicted molar refractivity (Wildman–Crippen MR) is 71.6 cm³/mol. The van der Waals surface area contributed by atoms with Crippen molar-refractivity contribution in [3.63, 3.8) is 0 Å². The van der Waals surface area contributed by atoms with Crippen molar-refractivity contribution in [1.29, 1.82) is 0 Å². The van der Waals surface area contributed by atoms with E-state index < -0.39 is 0 Å². The number of aromatic nitrogens is 1. The van der Waals surface area contributed by atoms with Crippen LogP contribution in [0.3, 0.4) is 0 Å². The molecule has 18 heavy (non-hydrogen) atoms. The monoisotopic (exact) mass is 269 g/mol. The summed E-state index contributed by atoms with van der Waals surface area (Å²) in [6.45, 7) is 1.64. The van der Waals surface area contributed by atoms with Gasteiger partial charge in [0.1, 0.15) is 6.26 Å². The predicted octanol–water partition coefficient (Wildman–Crippen LogP) is 1.66. The number of amides is 1. The molecule has 0 saturated carbocycles. The van der Waals surface area contributed by atoms with Gasteiger partial charge in [-0.1, -0.05) is 0 Å². The molecule has 1 amide bonds. The molecular formula is C12H19N3O2S. The fourth-order valence-corrected chi connectivity index (χ4v) is 2.50. The summed E-state index contributed by atoms with van der Waals surface area (Å²) in [5.41, 5.74) is 6.33. The zero-order valence-electron chi connectivity index (χ0n) is 10.6. The maximum absolute atomic E-state index is 12.1. The largest absolute Gasteiger partial charge is 0.446 e.